The number of hydrogen-bond acceptors (Lipinski definition) is 4. The smallest absolute Gasteiger partial charge is 0.168 e. The molecule has 0 saturated carbocycles. The minimum absolute atomic E-state index is 0.0279. The van der Waals surface area contributed by atoms with E-state index in [1.54, 1.807) is 18.0 Å². The van der Waals surface area contributed by atoms with Crippen LogP contribution in [-0.4, -0.2) is 31.1 Å². The maximum Gasteiger partial charge on any atom is 0.168 e. The van der Waals surface area contributed by atoms with Gasteiger partial charge in [0.15, 0.2) is 5.16 Å². The molecule has 5 heteroatoms. The Morgan fingerprint density at radius 2 is 2.17 bits per heavy atom. The number of thioether (sulfide) groups is 1. The summed E-state index contributed by atoms with van der Waals surface area (Å²) in [6.07, 6.45) is 2.74. The summed E-state index contributed by atoms with van der Waals surface area (Å²) in [5, 5.41) is 10.5. The fourth-order valence-corrected chi connectivity index (χ4v) is 3.96. The van der Waals surface area contributed by atoms with E-state index in [4.69, 9.17) is 4.74 Å². The lowest BCUT2D eigenvalue weighted by molar-refractivity contribution is -0.0631. The van der Waals surface area contributed by atoms with Crippen LogP contribution in [0.3, 0.4) is 0 Å². The van der Waals surface area contributed by atoms with Crippen molar-refractivity contribution in [2.24, 2.45) is 7.05 Å². The zero-order valence-electron chi connectivity index (χ0n) is 11.7. The summed E-state index contributed by atoms with van der Waals surface area (Å²) in [6, 6.07) is 0. The van der Waals surface area contributed by atoms with Crippen LogP contribution in [0.4, 0.5) is 0 Å². The van der Waals surface area contributed by atoms with Crippen LogP contribution in [0.2, 0.25) is 0 Å². The average Bonchev–Trinajstić information content (AvgIpc) is 2.66. The van der Waals surface area contributed by atoms with Crippen molar-refractivity contribution in [1.82, 2.24) is 9.55 Å². The summed E-state index contributed by atoms with van der Waals surface area (Å²) in [4.78, 5) is 4.37. The Labute approximate surface area is 113 Å². The zero-order chi connectivity index (χ0) is 13.6. The lowest BCUT2D eigenvalue weighted by atomic mass is 10.0. The van der Waals surface area contributed by atoms with Gasteiger partial charge in [0.2, 0.25) is 0 Å². The van der Waals surface area contributed by atoms with Crippen LogP contribution in [0.15, 0.2) is 11.4 Å². The van der Waals surface area contributed by atoms with Crippen molar-refractivity contribution < 1.29 is 9.84 Å². The highest BCUT2D eigenvalue weighted by Gasteiger charge is 2.46. The van der Waals surface area contributed by atoms with E-state index in [0.717, 1.165) is 17.3 Å². The third-order valence-electron chi connectivity index (χ3n) is 3.44. The van der Waals surface area contributed by atoms with Crippen LogP contribution >= 0.6 is 11.8 Å². The molecule has 1 aromatic rings. The lowest BCUT2D eigenvalue weighted by Gasteiger charge is -2.26. The highest BCUT2D eigenvalue weighted by Crippen LogP contribution is 2.45. The Balaban J connectivity index is 2.16. The minimum atomic E-state index is -0.153. The molecule has 1 atom stereocenters. The van der Waals surface area contributed by atoms with E-state index in [1.165, 1.54) is 0 Å². The lowest BCUT2D eigenvalue weighted by Crippen LogP contribution is -2.31. The molecule has 0 amide bonds. The number of nitrogens with zero attached hydrogens (tertiary/aromatic N) is 2. The van der Waals surface area contributed by atoms with Crippen molar-refractivity contribution in [3.63, 3.8) is 0 Å². The predicted molar refractivity (Wildman–Crippen MR) is 72.6 cm³/mol. The summed E-state index contributed by atoms with van der Waals surface area (Å²) in [5.74, 6) is 0. The Morgan fingerprint density at radius 1 is 1.50 bits per heavy atom. The van der Waals surface area contributed by atoms with Gasteiger partial charge in [0, 0.05) is 12.3 Å². The van der Waals surface area contributed by atoms with Crippen LogP contribution in [0.1, 0.15) is 39.8 Å². The van der Waals surface area contributed by atoms with Crippen molar-refractivity contribution in [2.75, 3.05) is 0 Å². The van der Waals surface area contributed by atoms with Crippen molar-refractivity contribution in [1.29, 1.82) is 0 Å². The summed E-state index contributed by atoms with van der Waals surface area (Å²) in [6.45, 7) is 8.56. The van der Waals surface area contributed by atoms with E-state index >= 15 is 0 Å². The molecule has 1 saturated heterocycles. The van der Waals surface area contributed by atoms with E-state index in [9.17, 15) is 5.11 Å². The van der Waals surface area contributed by atoms with E-state index in [2.05, 4.69) is 32.7 Å². The SMILES string of the molecule is Cn1c(CO)cnc1SC1CC(C)(C)OC1(C)C. The molecule has 102 valence electrons. The van der Waals surface area contributed by atoms with Crippen LogP contribution in [-0.2, 0) is 18.4 Å². The van der Waals surface area contributed by atoms with Gasteiger partial charge in [0.05, 0.1) is 29.7 Å². The molecule has 1 unspecified atom stereocenters. The topological polar surface area (TPSA) is 47.3 Å². The zero-order valence-corrected chi connectivity index (χ0v) is 12.5. The van der Waals surface area contributed by atoms with Gasteiger partial charge in [-0.2, -0.15) is 0 Å². The largest absolute Gasteiger partial charge is 0.390 e. The van der Waals surface area contributed by atoms with Crippen LogP contribution < -0.4 is 0 Å². The predicted octanol–water partition coefficient (Wildman–Crippen LogP) is 2.35. The Hall–Kier alpha value is -0.520. The molecule has 18 heavy (non-hydrogen) atoms. The molecule has 0 spiro atoms. The molecular weight excluding hydrogens is 248 g/mol. The van der Waals surface area contributed by atoms with Gasteiger partial charge in [-0.1, -0.05) is 11.8 Å². The Morgan fingerprint density at radius 3 is 2.61 bits per heavy atom. The second-order valence-corrected chi connectivity index (χ2v) is 7.19. The molecule has 0 radical (unpaired) electrons. The number of imidazole rings is 1. The van der Waals surface area contributed by atoms with Crippen molar-refractivity contribution in [3.8, 4) is 0 Å². The van der Waals surface area contributed by atoms with Crippen molar-refractivity contribution >= 4 is 11.8 Å². The molecule has 0 aliphatic carbocycles. The summed E-state index contributed by atoms with van der Waals surface area (Å²) >= 11 is 1.74. The molecule has 1 N–H and O–H groups in total. The Kier molecular flexibility index (Phi) is 3.51. The summed E-state index contributed by atoms with van der Waals surface area (Å²) in [5.41, 5.74) is 0.611. The van der Waals surface area contributed by atoms with Gasteiger partial charge in [-0.05, 0) is 34.1 Å². The van der Waals surface area contributed by atoms with Gasteiger partial charge in [-0.3, -0.25) is 0 Å². The van der Waals surface area contributed by atoms with Gasteiger partial charge >= 0.3 is 0 Å². The summed E-state index contributed by atoms with van der Waals surface area (Å²) < 4.78 is 8.04. The first kappa shape index (κ1) is 13.9. The molecule has 2 rings (SSSR count). The first-order valence-corrected chi connectivity index (χ1v) is 7.11. The normalized spacial score (nSPS) is 25.6. The van der Waals surface area contributed by atoms with Gasteiger partial charge in [-0.15, -0.1) is 0 Å². The van der Waals surface area contributed by atoms with Gasteiger partial charge < -0.3 is 14.4 Å². The first-order chi connectivity index (χ1) is 8.25. The van der Waals surface area contributed by atoms with Gasteiger partial charge in [0.1, 0.15) is 0 Å². The second kappa shape index (κ2) is 4.54. The molecule has 2 heterocycles. The third kappa shape index (κ3) is 2.58. The highest BCUT2D eigenvalue weighted by molar-refractivity contribution is 7.99. The number of aliphatic hydroxyl groups excluding tert-OH is 1. The molecule has 1 aromatic heterocycles. The fraction of sp³-hybridized carbons (Fsp3) is 0.769. The maximum absolute atomic E-state index is 9.18. The van der Waals surface area contributed by atoms with Crippen molar-refractivity contribution in [3.05, 3.63) is 11.9 Å². The summed E-state index contributed by atoms with van der Waals surface area (Å²) in [7, 11) is 1.94. The molecule has 4 nitrogen and oxygen atoms in total. The fourth-order valence-electron chi connectivity index (χ4n) is 2.50. The monoisotopic (exact) mass is 270 g/mol. The molecule has 0 bridgehead atoms. The number of aliphatic hydroxyl groups is 1. The van der Waals surface area contributed by atoms with E-state index in [-0.39, 0.29) is 17.8 Å². The number of rotatable bonds is 3. The standard InChI is InChI=1S/C13H22N2O2S/c1-12(2)6-10(13(3,4)17-12)18-11-14-7-9(8-16)15(11)5/h7,10,16H,6,8H2,1-5H3. The Bertz CT molecular complexity index is 440. The molecule has 1 fully saturated rings. The molecule has 1 aliphatic heterocycles. The van der Waals surface area contributed by atoms with Crippen LogP contribution in [0.25, 0.3) is 0 Å². The molecule has 0 aromatic carbocycles. The van der Waals surface area contributed by atoms with E-state index in [0.29, 0.717) is 5.25 Å². The van der Waals surface area contributed by atoms with Crippen LogP contribution in [0, 0.1) is 0 Å². The van der Waals surface area contributed by atoms with Gasteiger partial charge in [-0.25, -0.2) is 4.98 Å². The van der Waals surface area contributed by atoms with Crippen LogP contribution in [0.5, 0.6) is 0 Å². The van der Waals surface area contributed by atoms with E-state index < -0.39 is 0 Å². The highest BCUT2D eigenvalue weighted by atomic mass is 32.2. The number of ether oxygens (including phenoxy) is 1. The number of hydrogen-bond donors (Lipinski definition) is 1. The number of aromatic nitrogens is 2. The van der Waals surface area contributed by atoms with Crippen molar-refractivity contribution in [2.45, 2.75) is 62.3 Å². The maximum atomic E-state index is 9.18. The first-order valence-electron chi connectivity index (χ1n) is 6.23. The average molecular weight is 270 g/mol. The molecule has 1 aliphatic rings. The van der Waals surface area contributed by atoms with Gasteiger partial charge in [0.25, 0.3) is 0 Å². The van der Waals surface area contributed by atoms with E-state index in [1.807, 2.05) is 11.6 Å². The third-order valence-corrected chi connectivity index (χ3v) is 5.05. The minimum Gasteiger partial charge on any atom is -0.390 e. The molecular formula is C13H22N2O2S. The second-order valence-electron chi connectivity index (χ2n) is 6.03. The quantitative estimate of drug-likeness (QED) is 0.916.